The van der Waals surface area contributed by atoms with Gasteiger partial charge in [0.15, 0.2) is 8.29 Å². The van der Waals surface area contributed by atoms with Gasteiger partial charge >= 0.3 is 0 Å². The number of carbonyl (C=O) groups excluding carboxylic acids is 1. The number of anilines is 1. The maximum Gasteiger partial charge on any atom is 0.237 e. The van der Waals surface area contributed by atoms with Crippen LogP contribution in [0, 0.1) is 9.77 Å². The number of rotatable bonds is 5. The Morgan fingerprint density at radius 2 is 2.04 bits per heavy atom. The van der Waals surface area contributed by atoms with E-state index in [1.54, 1.807) is 23.7 Å². The summed E-state index contributed by atoms with van der Waals surface area (Å²) >= 11 is 8.03. The summed E-state index contributed by atoms with van der Waals surface area (Å²) in [6.45, 7) is 1.77. The summed E-state index contributed by atoms with van der Waals surface area (Å²) in [5, 5.41) is 6.78. The first-order chi connectivity index (χ1) is 12.0. The lowest BCUT2D eigenvalue weighted by Crippen LogP contribution is -2.22. The predicted molar refractivity (Wildman–Crippen MR) is 103 cm³/mol. The molecule has 0 radical (unpaired) electrons. The number of amides is 1. The van der Waals surface area contributed by atoms with Crippen molar-refractivity contribution in [3.63, 3.8) is 0 Å². The monoisotopic (exact) mass is 391 g/mol. The predicted octanol–water partition coefficient (Wildman–Crippen LogP) is 4.92. The maximum atomic E-state index is 13.2. The standard InChI is InChI=1S/C17H14FN3OS3/c1-11(15(22)19-13-7-5-6-12(18)10-13)24-16-20-21(17(23)25-16)14-8-3-2-4-9-14/h2-11H,1H3,(H,19,22). The minimum absolute atomic E-state index is 0.219. The number of nitrogens with zero attached hydrogens (tertiary/aromatic N) is 2. The molecule has 3 rings (SSSR count). The van der Waals surface area contributed by atoms with E-state index in [1.807, 2.05) is 30.3 Å². The van der Waals surface area contributed by atoms with Crippen molar-refractivity contribution < 1.29 is 9.18 Å². The highest BCUT2D eigenvalue weighted by Crippen LogP contribution is 2.28. The molecular formula is C17H14FN3OS3. The number of para-hydroxylation sites is 1. The number of carbonyl (C=O) groups is 1. The van der Waals surface area contributed by atoms with Crippen LogP contribution in [0.1, 0.15) is 6.92 Å². The van der Waals surface area contributed by atoms with Gasteiger partial charge in [-0.15, -0.1) is 5.10 Å². The summed E-state index contributed by atoms with van der Waals surface area (Å²) in [6, 6.07) is 15.4. The van der Waals surface area contributed by atoms with E-state index in [-0.39, 0.29) is 5.91 Å². The van der Waals surface area contributed by atoms with Crippen LogP contribution >= 0.6 is 35.3 Å². The lowest BCUT2D eigenvalue weighted by atomic mass is 10.3. The van der Waals surface area contributed by atoms with Crippen molar-refractivity contribution in [2.75, 3.05) is 5.32 Å². The zero-order chi connectivity index (χ0) is 17.8. The van der Waals surface area contributed by atoms with Crippen LogP contribution in [0.5, 0.6) is 0 Å². The third-order valence-electron chi connectivity index (χ3n) is 3.27. The van der Waals surface area contributed by atoms with Crippen molar-refractivity contribution in [3.8, 4) is 5.69 Å². The Labute approximate surface area is 157 Å². The lowest BCUT2D eigenvalue weighted by molar-refractivity contribution is -0.115. The van der Waals surface area contributed by atoms with Gasteiger partial charge < -0.3 is 5.32 Å². The van der Waals surface area contributed by atoms with Gasteiger partial charge in [0.05, 0.1) is 10.9 Å². The van der Waals surface area contributed by atoms with Crippen LogP contribution in [-0.2, 0) is 4.79 Å². The van der Waals surface area contributed by atoms with Gasteiger partial charge in [-0.25, -0.2) is 9.07 Å². The number of nitrogens with one attached hydrogen (secondary N) is 1. The minimum atomic E-state index is -0.395. The molecule has 1 atom stereocenters. The molecular weight excluding hydrogens is 377 g/mol. The molecule has 4 nitrogen and oxygen atoms in total. The molecule has 25 heavy (non-hydrogen) atoms. The average Bonchev–Trinajstić information content (AvgIpc) is 2.96. The van der Waals surface area contributed by atoms with E-state index >= 15 is 0 Å². The first-order valence-corrected chi connectivity index (χ1v) is 9.52. The number of halogens is 1. The molecule has 1 unspecified atom stereocenters. The zero-order valence-corrected chi connectivity index (χ0v) is 15.6. The Morgan fingerprint density at radius 3 is 2.76 bits per heavy atom. The summed E-state index contributed by atoms with van der Waals surface area (Å²) in [5.74, 6) is -0.610. The van der Waals surface area contributed by atoms with E-state index in [2.05, 4.69) is 10.4 Å². The molecule has 0 spiro atoms. The molecule has 128 valence electrons. The Hall–Kier alpha value is -2.03. The molecule has 0 aliphatic heterocycles. The fourth-order valence-corrected chi connectivity index (χ4v) is 4.56. The third-order valence-corrected chi connectivity index (χ3v) is 5.69. The summed E-state index contributed by atoms with van der Waals surface area (Å²) in [7, 11) is 0. The van der Waals surface area contributed by atoms with Crippen LogP contribution in [0.2, 0.25) is 0 Å². The highest BCUT2D eigenvalue weighted by atomic mass is 32.2. The first kappa shape index (κ1) is 17.8. The van der Waals surface area contributed by atoms with Gasteiger partial charge in [-0.2, -0.15) is 0 Å². The van der Waals surface area contributed by atoms with Crippen LogP contribution in [0.4, 0.5) is 10.1 Å². The van der Waals surface area contributed by atoms with Crippen LogP contribution in [0.25, 0.3) is 5.69 Å². The van der Waals surface area contributed by atoms with Gasteiger partial charge in [-0.1, -0.05) is 47.4 Å². The number of hydrogen-bond donors (Lipinski definition) is 1. The SMILES string of the molecule is CC(Sc1nn(-c2ccccc2)c(=S)s1)C(=O)Nc1cccc(F)c1. The molecule has 2 aromatic carbocycles. The smallest absolute Gasteiger partial charge is 0.237 e. The number of benzene rings is 2. The number of aromatic nitrogens is 2. The normalized spacial score (nSPS) is 11.9. The second-order valence-electron chi connectivity index (χ2n) is 5.14. The van der Waals surface area contributed by atoms with Gasteiger partial charge in [-0.05, 0) is 49.5 Å². The van der Waals surface area contributed by atoms with Gasteiger partial charge in [0.25, 0.3) is 0 Å². The summed E-state index contributed by atoms with van der Waals surface area (Å²) < 4.78 is 16.2. The molecule has 1 aromatic heterocycles. The Morgan fingerprint density at radius 1 is 1.28 bits per heavy atom. The van der Waals surface area contributed by atoms with Crippen molar-refractivity contribution in [3.05, 3.63) is 64.4 Å². The first-order valence-electron chi connectivity index (χ1n) is 7.41. The quantitative estimate of drug-likeness (QED) is 0.495. The third kappa shape index (κ3) is 4.53. The van der Waals surface area contributed by atoms with Crippen LogP contribution < -0.4 is 5.32 Å². The molecule has 0 saturated carbocycles. The second-order valence-corrected chi connectivity index (χ2v) is 8.35. The summed E-state index contributed by atoms with van der Waals surface area (Å²) in [5.41, 5.74) is 1.31. The fourth-order valence-electron chi connectivity index (χ4n) is 2.06. The van der Waals surface area contributed by atoms with Gasteiger partial charge in [0.2, 0.25) is 5.91 Å². The lowest BCUT2D eigenvalue weighted by Gasteiger charge is -2.10. The number of hydrogen-bond acceptors (Lipinski definition) is 5. The minimum Gasteiger partial charge on any atom is -0.325 e. The van der Waals surface area contributed by atoms with Crippen LogP contribution in [0.15, 0.2) is 58.9 Å². The summed E-state index contributed by atoms with van der Waals surface area (Å²) in [6.07, 6.45) is 0. The topological polar surface area (TPSA) is 46.9 Å². The maximum absolute atomic E-state index is 13.2. The second kappa shape index (κ2) is 7.90. The highest BCUT2D eigenvalue weighted by Gasteiger charge is 2.17. The Balaban J connectivity index is 1.70. The van der Waals surface area contributed by atoms with Crippen molar-refractivity contribution in [2.24, 2.45) is 0 Å². The molecule has 8 heteroatoms. The fraction of sp³-hybridized carbons (Fsp3) is 0.118. The van der Waals surface area contributed by atoms with E-state index in [1.165, 1.54) is 35.2 Å². The summed E-state index contributed by atoms with van der Waals surface area (Å²) in [4.78, 5) is 12.3. The Kier molecular flexibility index (Phi) is 5.62. The molecule has 0 bridgehead atoms. The van der Waals surface area contributed by atoms with E-state index in [0.29, 0.717) is 14.0 Å². The molecule has 0 saturated heterocycles. The molecule has 1 heterocycles. The number of thioether (sulfide) groups is 1. The molecule has 0 fully saturated rings. The Bertz CT molecular complexity index is 940. The van der Waals surface area contributed by atoms with Crippen molar-refractivity contribution >= 4 is 46.9 Å². The van der Waals surface area contributed by atoms with Gasteiger partial charge in [-0.3, -0.25) is 4.79 Å². The van der Waals surface area contributed by atoms with E-state index in [4.69, 9.17) is 12.2 Å². The average molecular weight is 392 g/mol. The molecule has 3 aromatic rings. The van der Waals surface area contributed by atoms with Crippen molar-refractivity contribution in [1.29, 1.82) is 0 Å². The van der Waals surface area contributed by atoms with Crippen LogP contribution in [-0.4, -0.2) is 20.9 Å². The zero-order valence-electron chi connectivity index (χ0n) is 13.2. The van der Waals surface area contributed by atoms with Gasteiger partial charge in [0, 0.05) is 5.69 Å². The van der Waals surface area contributed by atoms with Crippen LogP contribution in [0.3, 0.4) is 0 Å². The largest absolute Gasteiger partial charge is 0.325 e. The van der Waals surface area contributed by atoms with E-state index < -0.39 is 11.1 Å². The molecule has 0 aliphatic rings. The molecule has 1 N–H and O–H groups in total. The van der Waals surface area contributed by atoms with Gasteiger partial charge in [0.1, 0.15) is 5.82 Å². The van der Waals surface area contributed by atoms with Crippen molar-refractivity contribution in [2.45, 2.75) is 16.5 Å². The van der Waals surface area contributed by atoms with E-state index in [9.17, 15) is 9.18 Å². The highest BCUT2D eigenvalue weighted by molar-refractivity contribution is 8.02. The van der Waals surface area contributed by atoms with Crippen molar-refractivity contribution in [1.82, 2.24) is 9.78 Å². The molecule has 1 amide bonds. The molecule has 0 aliphatic carbocycles. The van der Waals surface area contributed by atoms with E-state index in [0.717, 1.165) is 5.69 Å².